The van der Waals surface area contributed by atoms with Crippen molar-refractivity contribution in [3.8, 4) is 0 Å². The molecule has 6 heteroatoms. The third-order valence-electron chi connectivity index (χ3n) is 3.50. The van der Waals surface area contributed by atoms with Gasteiger partial charge in [-0.2, -0.15) is 0 Å². The number of carbonyl (C=O) groups is 2. The molecule has 2 rings (SSSR count). The van der Waals surface area contributed by atoms with E-state index in [1.807, 2.05) is 0 Å². The van der Waals surface area contributed by atoms with Gasteiger partial charge in [0.1, 0.15) is 6.61 Å². The van der Waals surface area contributed by atoms with E-state index in [0.29, 0.717) is 0 Å². The van der Waals surface area contributed by atoms with Crippen LogP contribution in [0.2, 0.25) is 0 Å². The van der Waals surface area contributed by atoms with Crippen LogP contribution in [0.5, 0.6) is 0 Å². The molecule has 2 aliphatic rings. The average molecular weight is 242 g/mol. The summed E-state index contributed by atoms with van der Waals surface area (Å²) in [5.41, 5.74) is 0. The van der Waals surface area contributed by atoms with Crippen molar-refractivity contribution in [1.29, 1.82) is 0 Å². The first-order valence-corrected chi connectivity index (χ1v) is 5.90. The minimum Gasteiger partial charge on any atom is -0.479 e. The highest BCUT2D eigenvalue weighted by Crippen LogP contribution is 2.19. The van der Waals surface area contributed by atoms with Crippen LogP contribution in [-0.2, 0) is 14.3 Å². The molecule has 17 heavy (non-hydrogen) atoms. The molecule has 2 heterocycles. The largest absolute Gasteiger partial charge is 0.479 e. The van der Waals surface area contributed by atoms with Crippen LogP contribution in [-0.4, -0.2) is 72.2 Å². The van der Waals surface area contributed by atoms with Crippen LogP contribution in [0.15, 0.2) is 0 Å². The lowest BCUT2D eigenvalue weighted by atomic mass is 10.0. The third-order valence-corrected chi connectivity index (χ3v) is 3.50. The number of amides is 1. The van der Waals surface area contributed by atoms with Crippen molar-refractivity contribution in [3.05, 3.63) is 0 Å². The van der Waals surface area contributed by atoms with Gasteiger partial charge in [-0.15, -0.1) is 0 Å². The topological polar surface area (TPSA) is 70.1 Å². The number of ether oxygens (including phenoxy) is 1. The summed E-state index contributed by atoms with van der Waals surface area (Å²) in [6.45, 7) is 1.98. The van der Waals surface area contributed by atoms with Gasteiger partial charge in [0.05, 0.1) is 6.54 Å². The molecule has 2 saturated heterocycles. The summed E-state index contributed by atoms with van der Waals surface area (Å²) in [6, 6.07) is 0.171. The summed E-state index contributed by atoms with van der Waals surface area (Å²) in [6.07, 6.45) is 0.954. The Kier molecular flexibility index (Phi) is 3.63. The second-order valence-electron chi connectivity index (χ2n) is 4.72. The lowest BCUT2D eigenvalue weighted by molar-refractivity contribution is -0.167. The summed E-state index contributed by atoms with van der Waals surface area (Å²) >= 11 is 0. The fourth-order valence-electron chi connectivity index (χ4n) is 2.40. The molecule has 2 fully saturated rings. The smallest absolute Gasteiger partial charge is 0.334 e. The van der Waals surface area contributed by atoms with Crippen molar-refractivity contribution in [2.45, 2.75) is 25.0 Å². The number of carboxylic acids is 1. The molecule has 1 amide bonds. The summed E-state index contributed by atoms with van der Waals surface area (Å²) in [5, 5.41) is 8.91. The molecule has 1 N–H and O–H groups in total. The van der Waals surface area contributed by atoms with Crippen LogP contribution in [0.4, 0.5) is 0 Å². The van der Waals surface area contributed by atoms with E-state index >= 15 is 0 Å². The van der Waals surface area contributed by atoms with Crippen molar-refractivity contribution in [2.75, 3.05) is 33.3 Å². The molecule has 0 aliphatic carbocycles. The number of aliphatic carboxylic acids is 1. The van der Waals surface area contributed by atoms with Gasteiger partial charge < -0.3 is 19.6 Å². The Hall–Kier alpha value is -1.14. The number of piperidine rings is 1. The lowest BCUT2D eigenvalue weighted by Gasteiger charge is -2.40. The van der Waals surface area contributed by atoms with E-state index < -0.39 is 12.1 Å². The summed E-state index contributed by atoms with van der Waals surface area (Å²) in [7, 11) is 2.05. The lowest BCUT2D eigenvalue weighted by Crippen LogP contribution is -2.55. The number of nitrogens with zero attached hydrogens (tertiary/aromatic N) is 2. The van der Waals surface area contributed by atoms with Gasteiger partial charge in [-0.25, -0.2) is 4.79 Å². The van der Waals surface area contributed by atoms with Gasteiger partial charge in [-0.3, -0.25) is 4.79 Å². The first kappa shape index (κ1) is 12.3. The summed E-state index contributed by atoms with van der Waals surface area (Å²) in [5.74, 6) is -1.08. The van der Waals surface area contributed by atoms with Crippen LogP contribution in [0, 0.1) is 0 Å². The van der Waals surface area contributed by atoms with Crippen LogP contribution >= 0.6 is 0 Å². The van der Waals surface area contributed by atoms with Gasteiger partial charge in [0.25, 0.3) is 0 Å². The Labute approximate surface area is 100 Å². The first-order chi connectivity index (χ1) is 8.08. The van der Waals surface area contributed by atoms with E-state index in [0.717, 1.165) is 25.9 Å². The quantitative estimate of drug-likeness (QED) is 0.699. The monoisotopic (exact) mass is 242 g/mol. The van der Waals surface area contributed by atoms with E-state index in [1.165, 1.54) is 0 Å². The Morgan fingerprint density at radius 1 is 1.41 bits per heavy atom. The van der Waals surface area contributed by atoms with E-state index in [1.54, 1.807) is 4.90 Å². The zero-order chi connectivity index (χ0) is 12.4. The van der Waals surface area contributed by atoms with Crippen molar-refractivity contribution < 1.29 is 19.4 Å². The standard InChI is InChI=1S/C11H18N2O4/c1-12-4-2-8(3-5-12)13-6-9(11(15)16)17-7-10(13)14/h8-9H,2-7H2,1H3,(H,15,16). The molecule has 2 aliphatic heterocycles. The van der Waals surface area contributed by atoms with E-state index in [2.05, 4.69) is 11.9 Å². The predicted octanol–water partition coefficient (Wildman–Crippen LogP) is -0.607. The molecule has 0 radical (unpaired) electrons. The number of hydrogen-bond acceptors (Lipinski definition) is 4. The molecule has 0 aromatic rings. The number of morpholine rings is 1. The Bertz CT molecular complexity index is 313. The van der Waals surface area contributed by atoms with E-state index in [4.69, 9.17) is 9.84 Å². The van der Waals surface area contributed by atoms with Gasteiger partial charge in [0, 0.05) is 6.04 Å². The predicted molar refractivity (Wildman–Crippen MR) is 59.6 cm³/mol. The molecular weight excluding hydrogens is 224 g/mol. The van der Waals surface area contributed by atoms with Gasteiger partial charge in [-0.05, 0) is 33.0 Å². The van der Waals surface area contributed by atoms with Gasteiger partial charge >= 0.3 is 5.97 Å². The number of carboxylic acid groups (broad SMARTS) is 1. The molecule has 0 saturated carbocycles. The molecule has 96 valence electrons. The molecule has 0 bridgehead atoms. The molecular formula is C11H18N2O4. The van der Waals surface area contributed by atoms with Crippen molar-refractivity contribution in [1.82, 2.24) is 9.80 Å². The highest BCUT2D eigenvalue weighted by molar-refractivity contribution is 5.81. The molecule has 1 unspecified atom stereocenters. The SMILES string of the molecule is CN1CCC(N2CC(C(=O)O)OCC2=O)CC1. The first-order valence-electron chi connectivity index (χ1n) is 5.90. The van der Waals surface area contributed by atoms with Crippen molar-refractivity contribution in [3.63, 3.8) is 0 Å². The van der Waals surface area contributed by atoms with E-state index in [-0.39, 0.29) is 25.1 Å². The number of hydrogen-bond donors (Lipinski definition) is 1. The number of likely N-dealkylation sites (tertiary alicyclic amines) is 1. The van der Waals surface area contributed by atoms with Gasteiger partial charge in [0.15, 0.2) is 6.10 Å². The van der Waals surface area contributed by atoms with Gasteiger partial charge in [0.2, 0.25) is 5.91 Å². The second kappa shape index (κ2) is 5.01. The zero-order valence-electron chi connectivity index (χ0n) is 9.96. The van der Waals surface area contributed by atoms with Crippen LogP contribution in [0.1, 0.15) is 12.8 Å². The Morgan fingerprint density at radius 2 is 2.06 bits per heavy atom. The van der Waals surface area contributed by atoms with Crippen molar-refractivity contribution in [2.24, 2.45) is 0 Å². The minimum atomic E-state index is -0.990. The molecule has 0 spiro atoms. The van der Waals surface area contributed by atoms with Crippen LogP contribution in [0.3, 0.4) is 0 Å². The Morgan fingerprint density at radius 3 is 2.65 bits per heavy atom. The third kappa shape index (κ3) is 2.76. The maximum absolute atomic E-state index is 11.7. The van der Waals surface area contributed by atoms with Crippen molar-refractivity contribution >= 4 is 11.9 Å². The number of carbonyl (C=O) groups excluding carboxylic acids is 1. The summed E-state index contributed by atoms with van der Waals surface area (Å²) < 4.78 is 4.99. The molecule has 1 atom stereocenters. The zero-order valence-corrected chi connectivity index (χ0v) is 9.96. The van der Waals surface area contributed by atoms with Crippen LogP contribution in [0.25, 0.3) is 0 Å². The van der Waals surface area contributed by atoms with Gasteiger partial charge in [-0.1, -0.05) is 0 Å². The maximum Gasteiger partial charge on any atom is 0.334 e. The van der Waals surface area contributed by atoms with E-state index in [9.17, 15) is 9.59 Å². The summed E-state index contributed by atoms with van der Waals surface area (Å²) in [4.78, 5) is 26.5. The number of rotatable bonds is 2. The average Bonchev–Trinajstić information content (AvgIpc) is 2.31. The maximum atomic E-state index is 11.7. The normalized spacial score (nSPS) is 28.4. The second-order valence-corrected chi connectivity index (χ2v) is 4.72. The fourth-order valence-corrected chi connectivity index (χ4v) is 2.40. The highest BCUT2D eigenvalue weighted by Gasteiger charge is 2.35. The Balaban J connectivity index is 1.98. The van der Waals surface area contributed by atoms with Crippen LogP contribution < -0.4 is 0 Å². The molecule has 6 nitrogen and oxygen atoms in total. The highest BCUT2D eigenvalue weighted by atomic mass is 16.5. The molecule has 0 aromatic heterocycles. The molecule has 0 aromatic carbocycles. The minimum absolute atomic E-state index is 0.0861. The fraction of sp³-hybridized carbons (Fsp3) is 0.818.